The van der Waals surface area contributed by atoms with Crippen LogP contribution >= 0.6 is 0 Å². The van der Waals surface area contributed by atoms with Crippen molar-refractivity contribution < 1.29 is 28.5 Å². The summed E-state index contributed by atoms with van der Waals surface area (Å²) >= 11 is 0. The Morgan fingerprint density at radius 2 is 1.71 bits per heavy atom. The minimum Gasteiger partial charge on any atom is -0.497 e. The SMILES string of the molecule is CCOc1ccc(C=CC(=O)OCC(=O)Nc2ccc(OC)cc2OC)cc1. The summed E-state index contributed by atoms with van der Waals surface area (Å²) in [6.45, 7) is 2.08. The first-order valence-electron chi connectivity index (χ1n) is 8.65. The van der Waals surface area contributed by atoms with Crippen LogP contribution in [0.25, 0.3) is 6.08 Å². The summed E-state index contributed by atoms with van der Waals surface area (Å²) < 4.78 is 20.6. The first-order chi connectivity index (χ1) is 13.5. The number of methoxy groups -OCH3 is 2. The normalized spacial score (nSPS) is 10.4. The first-order valence-corrected chi connectivity index (χ1v) is 8.65. The highest BCUT2D eigenvalue weighted by Gasteiger charge is 2.10. The molecule has 0 aromatic heterocycles. The van der Waals surface area contributed by atoms with Crippen molar-refractivity contribution in [2.24, 2.45) is 0 Å². The number of hydrogen-bond donors (Lipinski definition) is 1. The van der Waals surface area contributed by atoms with Crippen LogP contribution in [0.5, 0.6) is 17.2 Å². The summed E-state index contributed by atoms with van der Waals surface area (Å²) in [6, 6.07) is 12.2. The predicted molar refractivity (Wildman–Crippen MR) is 106 cm³/mol. The Morgan fingerprint density at radius 3 is 2.36 bits per heavy atom. The molecule has 0 saturated heterocycles. The largest absolute Gasteiger partial charge is 0.497 e. The molecule has 2 aromatic rings. The Bertz CT molecular complexity index is 829. The first kappa shape index (κ1) is 20.8. The molecule has 2 rings (SSSR count). The highest BCUT2D eigenvalue weighted by atomic mass is 16.5. The third-order valence-electron chi connectivity index (χ3n) is 3.63. The molecule has 148 valence electrons. The zero-order valence-corrected chi connectivity index (χ0v) is 16.1. The van der Waals surface area contributed by atoms with E-state index >= 15 is 0 Å². The maximum Gasteiger partial charge on any atom is 0.331 e. The van der Waals surface area contributed by atoms with Crippen LogP contribution in [0.2, 0.25) is 0 Å². The number of amides is 1. The van der Waals surface area contributed by atoms with E-state index in [4.69, 9.17) is 18.9 Å². The van der Waals surface area contributed by atoms with Crippen LogP contribution in [0, 0.1) is 0 Å². The number of benzene rings is 2. The molecule has 0 radical (unpaired) electrons. The van der Waals surface area contributed by atoms with E-state index in [0.717, 1.165) is 11.3 Å². The number of hydrogen-bond acceptors (Lipinski definition) is 6. The van der Waals surface area contributed by atoms with Crippen molar-refractivity contribution in [1.82, 2.24) is 0 Å². The molecule has 0 aliphatic heterocycles. The fourth-order valence-corrected chi connectivity index (χ4v) is 2.28. The summed E-state index contributed by atoms with van der Waals surface area (Å²) in [7, 11) is 3.02. The second-order valence-corrected chi connectivity index (χ2v) is 5.56. The van der Waals surface area contributed by atoms with Gasteiger partial charge in [0, 0.05) is 12.1 Å². The fourth-order valence-electron chi connectivity index (χ4n) is 2.28. The second-order valence-electron chi connectivity index (χ2n) is 5.56. The quantitative estimate of drug-likeness (QED) is 0.527. The van der Waals surface area contributed by atoms with E-state index in [0.29, 0.717) is 23.8 Å². The van der Waals surface area contributed by atoms with Crippen LogP contribution < -0.4 is 19.5 Å². The molecule has 1 amide bonds. The Morgan fingerprint density at radius 1 is 1.00 bits per heavy atom. The number of anilines is 1. The molecule has 0 aliphatic rings. The van der Waals surface area contributed by atoms with Gasteiger partial charge >= 0.3 is 5.97 Å². The van der Waals surface area contributed by atoms with Crippen molar-refractivity contribution in [2.45, 2.75) is 6.92 Å². The zero-order chi connectivity index (χ0) is 20.4. The third kappa shape index (κ3) is 6.35. The molecular weight excluding hydrogens is 362 g/mol. The number of nitrogens with one attached hydrogen (secondary N) is 1. The molecule has 28 heavy (non-hydrogen) atoms. The topological polar surface area (TPSA) is 83.1 Å². The molecule has 1 N–H and O–H groups in total. The highest BCUT2D eigenvalue weighted by molar-refractivity contribution is 5.95. The van der Waals surface area contributed by atoms with Crippen molar-refractivity contribution in [1.29, 1.82) is 0 Å². The molecule has 7 heteroatoms. The van der Waals surface area contributed by atoms with E-state index < -0.39 is 18.5 Å². The predicted octanol–water partition coefficient (Wildman–Crippen LogP) is 3.30. The molecule has 0 fully saturated rings. The van der Waals surface area contributed by atoms with Gasteiger partial charge in [-0.3, -0.25) is 4.79 Å². The van der Waals surface area contributed by atoms with Gasteiger partial charge in [-0.1, -0.05) is 12.1 Å². The van der Waals surface area contributed by atoms with Gasteiger partial charge in [-0.2, -0.15) is 0 Å². The Kier molecular flexibility index (Phi) is 7.90. The van der Waals surface area contributed by atoms with Crippen LogP contribution in [0.15, 0.2) is 48.5 Å². The molecule has 0 spiro atoms. The number of esters is 1. The lowest BCUT2D eigenvalue weighted by atomic mass is 10.2. The minimum absolute atomic E-state index is 0.415. The Labute approximate surface area is 163 Å². The molecule has 0 aliphatic carbocycles. The van der Waals surface area contributed by atoms with Gasteiger partial charge in [0.05, 0.1) is 26.5 Å². The molecule has 2 aromatic carbocycles. The zero-order valence-electron chi connectivity index (χ0n) is 16.1. The maximum atomic E-state index is 12.0. The van der Waals surface area contributed by atoms with E-state index in [1.807, 2.05) is 31.2 Å². The van der Waals surface area contributed by atoms with Crippen molar-refractivity contribution in [2.75, 3.05) is 32.8 Å². The molecule has 0 heterocycles. The molecule has 0 atom stereocenters. The molecule has 0 bridgehead atoms. The number of carbonyl (C=O) groups excluding carboxylic acids is 2. The van der Waals surface area contributed by atoms with Crippen LogP contribution in [-0.2, 0) is 14.3 Å². The standard InChI is InChI=1S/C21H23NO6/c1-4-27-16-8-5-15(6-9-16)7-12-21(24)28-14-20(23)22-18-11-10-17(25-2)13-19(18)26-3/h5-13H,4,14H2,1-3H3,(H,22,23). The fraction of sp³-hybridized carbons (Fsp3) is 0.238. The van der Waals surface area contributed by atoms with Crippen LogP contribution in [0.1, 0.15) is 12.5 Å². The molecular formula is C21H23NO6. The number of rotatable bonds is 9. The summed E-state index contributed by atoms with van der Waals surface area (Å²) in [5.41, 5.74) is 1.27. The summed E-state index contributed by atoms with van der Waals surface area (Å²) in [6.07, 6.45) is 2.86. The minimum atomic E-state index is -0.620. The summed E-state index contributed by atoms with van der Waals surface area (Å²) in [4.78, 5) is 23.8. The van der Waals surface area contributed by atoms with Crippen LogP contribution in [-0.4, -0.2) is 39.3 Å². The average Bonchev–Trinajstić information content (AvgIpc) is 2.72. The smallest absolute Gasteiger partial charge is 0.331 e. The summed E-state index contributed by atoms with van der Waals surface area (Å²) in [5.74, 6) is 0.694. The maximum absolute atomic E-state index is 12.0. The van der Waals surface area contributed by atoms with Crippen molar-refractivity contribution in [3.05, 3.63) is 54.1 Å². The Hall–Kier alpha value is -3.48. The van der Waals surface area contributed by atoms with Crippen LogP contribution in [0.4, 0.5) is 5.69 Å². The van der Waals surface area contributed by atoms with Gasteiger partial charge in [-0.15, -0.1) is 0 Å². The van der Waals surface area contributed by atoms with Crippen molar-refractivity contribution in [3.8, 4) is 17.2 Å². The van der Waals surface area contributed by atoms with E-state index in [-0.39, 0.29) is 0 Å². The monoisotopic (exact) mass is 385 g/mol. The van der Waals surface area contributed by atoms with Gasteiger partial charge in [0.1, 0.15) is 17.2 Å². The summed E-state index contributed by atoms with van der Waals surface area (Å²) in [5, 5.41) is 2.63. The second kappa shape index (κ2) is 10.6. The van der Waals surface area contributed by atoms with Crippen molar-refractivity contribution in [3.63, 3.8) is 0 Å². The van der Waals surface area contributed by atoms with Crippen molar-refractivity contribution >= 4 is 23.6 Å². The van der Waals surface area contributed by atoms with Gasteiger partial charge in [0.15, 0.2) is 6.61 Å². The van der Waals surface area contributed by atoms with Gasteiger partial charge in [0.25, 0.3) is 5.91 Å². The van der Waals surface area contributed by atoms with Gasteiger partial charge < -0.3 is 24.3 Å². The molecule has 0 unspecified atom stereocenters. The van der Waals surface area contributed by atoms with E-state index in [1.54, 1.807) is 24.3 Å². The lowest BCUT2D eigenvalue weighted by molar-refractivity contribution is -0.142. The van der Waals surface area contributed by atoms with Crippen LogP contribution in [0.3, 0.4) is 0 Å². The van der Waals surface area contributed by atoms with Gasteiger partial charge in [-0.05, 0) is 42.8 Å². The van der Waals surface area contributed by atoms with E-state index in [9.17, 15) is 9.59 Å². The van der Waals surface area contributed by atoms with E-state index in [1.165, 1.54) is 20.3 Å². The lowest BCUT2D eigenvalue weighted by Gasteiger charge is -2.11. The van der Waals surface area contributed by atoms with Gasteiger partial charge in [-0.25, -0.2) is 4.79 Å². The Balaban J connectivity index is 1.84. The van der Waals surface area contributed by atoms with Gasteiger partial charge in [0.2, 0.25) is 0 Å². The lowest BCUT2D eigenvalue weighted by Crippen LogP contribution is -2.20. The average molecular weight is 385 g/mol. The molecule has 7 nitrogen and oxygen atoms in total. The van der Waals surface area contributed by atoms with E-state index in [2.05, 4.69) is 5.32 Å². The third-order valence-corrected chi connectivity index (χ3v) is 3.63. The highest BCUT2D eigenvalue weighted by Crippen LogP contribution is 2.28. The number of ether oxygens (including phenoxy) is 4. The molecule has 0 saturated carbocycles. The number of carbonyl (C=O) groups is 2.